The fraction of sp³-hybridized carbons (Fsp3) is 0.296. The number of aryl methyl sites for hydroxylation is 1. The maximum absolute atomic E-state index is 12.0. The molecule has 0 spiro atoms. The molecule has 32 heavy (non-hydrogen) atoms. The van der Waals surface area contributed by atoms with Gasteiger partial charge in [-0.2, -0.15) is 0 Å². The number of anilines is 1. The van der Waals surface area contributed by atoms with Gasteiger partial charge in [-0.1, -0.05) is 72.3 Å². The molecule has 2 N–H and O–H groups in total. The standard InChI is InChI=1S/C27H32ClN3O/c28-25-16-14-24(15-17-25)18-22-30(19-7-11-23-9-3-1-4-10-23)20-8-21-31(27(29)32)26-12-5-2-6-13-26/h1-6,9-10,12-17H,7-8,11,18-22H2,(H2,29,32). The molecular weight excluding hydrogens is 418 g/mol. The lowest BCUT2D eigenvalue weighted by Gasteiger charge is -2.25. The molecule has 5 heteroatoms. The second-order valence-corrected chi connectivity index (χ2v) is 8.42. The van der Waals surface area contributed by atoms with Crippen LogP contribution in [0.3, 0.4) is 0 Å². The summed E-state index contributed by atoms with van der Waals surface area (Å²) in [7, 11) is 0. The number of carbonyl (C=O) groups excluding carboxylic acids is 1. The molecule has 3 aromatic rings. The number of benzene rings is 3. The smallest absolute Gasteiger partial charge is 0.319 e. The Labute approximate surface area is 196 Å². The van der Waals surface area contributed by atoms with Crippen LogP contribution >= 0.6 is 11.6 Å². The van der Waals surface area contributed by atoms with Gasteiger partial charge in [0.25, 0.3) is 0 Å². The largest absolute Gasteiger partial charge is 0.351 e. The number of hydrogen-bond donors (Lipinski definition) is 1. The number of carbonyl (C=O) groups is 1. The Bertz CT molecular complexity index is 932. The average molecular weight is 450 g/mol. The zero-order valence-corrected chi connectivity index (χ0v) is 19.3. The lowest BCUT2D eigenvalue weighted by Crippen LogP contribution is -2.38. The van der Waals surface area contributed by atoms with Gasteiger partial charge in [-0.25, -0.2) is 4.79 Å². The second-order valence-electron chi connectivity index (χ2n) is 7.99. The Kier molecular flexibility index (Phi) is 9.60. The summed E-state index contributed by atoms with van der Waals surface area (Å²) in [5.41, 5.74) is 9.14. The summed E-state index contributed by atoms with van der Waals surface area (Å²) in [6, 6.07) is 27.9. The third-order valence-electron chi connectivity index (χ3n) is 5.60. The molecule has 3 aromatic carbocycles. The molecule has 168 valence electrons. The number of para-hydroxylation sites is 1. The van der Waals surface area contributed by atoms with Crippen LogP contribution in [-0.4, -0.2) is 37.1 Å². The van der Waals surface area contributed by atoms with E-state index in [4.69, 9.17) is 17.3 Å². The van der Waals surface area contributed by atoms with Crippen LogP contribution < -0.4 is 10.6 Å². The van der Waals surface area contributed by atoms with Crippen LogP contribution in [0.2, 0.25) is 5.02 Å². The highest BCUT2D eigenvalue weighted by Gasteiger charge is 2.13. The van der Waals surface area contributed by atoms with Crippen LogP contribution in [0, 0.1) is 0 Å². The van der Waals surface area contributed by atoms with Gasteiger partial charge in [-0.15, -0.1) is 0 Å². The summed E-state index contributed by atoms with van der Waals surface area (Å²) in [6.07, 6.45) is 4.00. The quantitative estimate of drug-likeness (QED) is 0.380. The molecule has 0 aliphatic heterocycles. The minimum atomic E-state index is -0.409. The molecular formula is C27H32ClN3O. The summed E-state index contributed by atoms with van der Waals surface area (Å²) in [5, 5.41) is 0.765. The molecule has 0 bridgehead atoms. The van der Waals surface area contributed by atoms with Crippen LogP contribution in [0.1, 0.15) is 24.0 Å². The van der Waals surface area contributed by atoms with Crippen molar-refractivity contribution in [2.24, 2.45) is 5.73 Å². The van der Waals surface area contributed by atoms with E-state index in [2.05, 4.69) is 47.4 Å². The van der Waals surface area contributed by atoms with Crippen molar-refractivity contribution in [3.8, 4) is 0 Å². The highest BCUT2D eigenvalue weighted by atomic mass is 35.5. The maximum Gasteiger partial charge on any atom is 0.319 e. The molecule has 4 nitrogen and oxygen atoms in total. The van der Waals surface area contributed by atoms with Gasteiger partial charge in [0.1, 0.15) is 0 Å². The number of nitrogens with two attached hydrogens (primary N) is 1. The molecule has 0 aliphatic rings. The van der Waals surface area contributed by atoms with Gasteiger partial charge in [0.2, 0.25) is 0 Å². The lowest BCUT2D eigenvalue weighted by molar-refractivity contribution is 0.251. The first-order valence-corrected chi connectivity index (χ1v) is 11.6. The van der Waals surface area contributed by atoms with E-state index < -0.39 is 6.03 Å². The number of hydrogen-bond acceptors (Lipinski definition) is 2. The van der Waals surface area contributed by atoms with Crippen molar-refractivity contribution in [1.82, 2.24) is 4.90 Å². The van der Waals surface area contributed by atoms with Crippen molar-refractivity contribution in [2.75, 3.05) is 31.1 Å². The monoisotopic (exact) mass is 449 g/mol. The van der Waals surface area contributed by atoms with E-state index in [1.54, 1.807) is 4.90 Å². The third-order valence-corrected chi connectivity index (χ3v) is 5.85. The molecule has 2 amide bonds. The highest BCUT2D eigenvalue weighted by molar-refractivity contribution is 6.30. The number of amides is 2. The summed E-state index contributed by atoms with van der Waals surface area (Å²) in [5.74, 6) is 0. The fourth-order valence-corrected chi connectivity index (χ4v) is 3.98. The fourth-order valence-electron chi connectivity index (χ4n) is 3.85. The lowest BCUT2D eigenvalue weighted by atomic mass is 10.1. The summed E-state index contributed by atoms with van der Waals surface area (Å²) < 4.78 is 0. The van der Waals surface area contributed by atoms with Crippen LogP contribution in [0.4, 0.5) is 10.5 Å². The Balaban J connectivity index is 1.54. The first kappa shape index (κ1) is 23.8. The van der Waals surface area contributed by atoms with Gasteiger partial charge in [-0.3, -0.25) is 4.90 Å². The molecule has 0 unspecified atom stereocenters. The molecule has 3 rings (SSSR count). The minimum absolute atomic E-state index is 0.409. The van der Waals surface area contributed by atoms with Gasteiger partial charge < -0.3 is 10.6 Å². The molecule has 0 atom stereocenters. The van der Waals surface area contributed by atoms with E-state index in [-0.39, 0.29) is 0 Å². The number of nitrogens with zero attached hydrogens (tertiary/aromatic N) is 2. The zero-order valence-electron chi connectivity index (χ0n) is 18.5. The van der Waals surface area contributed by atoms with Crippen molar-refractivity contribution < 1.29 is 4.79 Å². The number of urea groups is 1. The van der Waals surface area contributed by atoms with E-state index >= 15 is 0 Å². The summed E-state index contributed by atoms with van der Waals surface area (Å²) in [4.78, 5) is 16.1. The summed E-state index contributed by atoms with van der Waals surface area (Å²) in [6.45, 7) is 3.51. The van der Waals surface area contributed by atoms with E-state index in [0.29, 0.717) is 6.54 Å². The number of primary amides is 1. The average Bonchev–Trinajstić information content (AvgIpc) is 2.82. The molecule has 0 saturated heterocycles. The van der Waals surface area contributed by atoms with E-state index in [1.165, 1.54) is 11.1 Å². The van der Waals surface area contributed by atoms with Crippen molar-refractivity contribution in [1.29, 1.82) is 0 Å². The van der Waals surface area contributed by atoms with Gasteiger partial charge in [0.15, 0.2) is 0 Å². The molecule has 0 aliphatic carbocycles. The molecule has 0 saturated carbocycles. The molecule has 0 radical (unpaired) electrons. The van der Waals surface area contributed by atoms with Crippen LogP contribution in [-0.2, 0) is 12.8 Å². The first-order chi connectivity index (χ1) is 15.6. The van der Waals surface area contributed by atoms with Crippen LogP contribution in [0.25, 0.3) is 0 Å². The van der Waals surface area contributed by atoms with Gasteiger partial charge in [0.05, 0.1) is 0 Å². The zero-order chi connectivity index (χ0) is 22.6. The van der Waals surface area contributed by atoms with Gasteiger partial charge in [0, 0.05) is 23.8 Å². The van der Waals surface area contributed by atoms with E-state index in [9.17, 15) is 4.79 Å². The van der Waals surface area contributed by atoms with Gasteiger partial charge >= 0.3 is 6.03 Å². The van der Waals surface area contributed by atoms with Crippen molar-refractivity contribution >= 4 is 23.3 Å². The Hall–Kier alpha value is -2.82. The molecule has 0 heterocycles. The maximum atomic E-state index is 12.0. The predicted molar refractivity (Wildman–Crippen MR) is 134 cm³/mol. The van der Waals surface area contributed by atoms with Crippen molar-refractivity contribution in [3.05, 3.63) is 101 Å². The minimum Gasteiger partial charge on any atom is -0.351 e. The highest BCUT2D eigenvalue weighted by Crippen LogP contribution is 2.14. The Morgan fingerprint density at radius 1 is 0.688 bits per heavy atom. The number of rotatable bonds is 12. The summed E-state index contributed by atoms with van der Waals surface area (Å²) >= 11 is 6.02. The van der Waals surface area contributed by atoms with Gasteiger partial charge in [-0.05, 0) is 74.2 Å². The topological polar surface area (TPSA) is 49.6 Å². The third kappa shape index (κ3) is 8.03. The Morgan fingerprint density at radius 2 is 1.28 bits per heavy atom. The van der Waals surface area contributed by atoms with Crippen LogP contribution in [0.15, 0.2) is 84.9 Å². The molecule has 0 aromatic heterocycles. The van der Waals surface area contributed by atoms with Crippen molar-refractivity contribution in [3.63, 3.8) is 0 Å². The number of halogens is 1. The van der Waals surface area contributed by atoms with E-state index in [1.807, 2.05) is 42.5 Å². The SMILES string of the molecule is NC(=O)N(CCCN(CCCc1ccccc1)CCc1ccc(Cl)cc1)c1ccccc1. The van der Waals surface area contributed by atoms with Crippen molar-refractivity contribution in [2.45, 2.75) is 25.7 Å². The van der Waals surface area contributed by atoms with Crippen LogP contribution in [0.5, 0.6) is 0 Å². The second kappa shape index (κ2) is 12.9. The molecule has 0 fully saturated rings. The Morgan fingerprint density at radius 3 is 1.94 bits per heavy atom. The first-order valence-electron chi connectivity index (χ1n) is 11.2. The normalized spacial score (nSPS) is 10.9. The predicted octanol–water partition coefficient (Wildman–Crippen LogP) is 5.79. The van der Waals surface area contributed by atoms with E-state index in [0.717, 1.165) is 56.0 Å².